The highest BCUT2D eigenvalue weighted by molar-refractivity contribution is 7.15. The van der Waals surface area contributed by atoms with Gasteiger partial charge >= 0.3 is 17.0 Å². The Balaban J connectivity index is 1.86. The molecule has 2 unspecified atom stereocenters. The molecule has 0 aromatic carbocycles. The number of carbonyl (C=O) groups is 2. The second-order valence-electron chi connectivity index (χ2n) is 5.93. The van der Waals surface area contributed by atoms with E-state index in [4.69, 9.17) is 4.74 Å². The summed E-state index contributed by atoms with van der Waals surface area (Å²) in [5.74, 6) is -1.20. The number of hydrogen-bond donors (Lipinski definition) is 1. The fraction of sp³-hybridized carbons (Fsp3) is 0.533. The molecule has 1 N–H and O–H groups in total. The minimum Gasteiger partial charge on any atom is -0.462 e. The third-order valence-electron chi connectivity index (χ3n) is 4.28. The quantitative estimate of drug-likeness (QED) is 0.509. The zero-order chi connectivity index (χ0) is 17.3. The van der Waals surface area contributed by atoms with E-state index in [1.165, 1.54) is 6.07 Å². The van der Waals surface area contributed by atoms with Crippen LogP contribution in [0.4, 0.5) is 9.80 Å². The summed E-state index contributed by atoms with van der Waals surface area (Å²) in [7, 11) is 0. The van der Waals surface area contributed by atoms with E-state index in [0.717, 1.165) is 37.0 Å². The van der Waals surface area contributed by atoms with Crippen LogP contribution in [-0.2, 0) is 9.53 Å². The van der Waals surface area contributed by atoms with Crippen LogP contribution in [0, 0.1) is 16.0 Å². The second kappa shape index (κ2) is 6.68. The van der Waals surface area contributed by atoms with Gasteiger partial charge in [-0.2, -0.15) is 0 Å². The van der Waals surface area contributed by atoms with Crippen molar-refractivity contribution < 1.29 is 19.2 Å². The van der Waals surface area contributed by atoms with Crippen LogP contribution in [0.25, 0.3) is 0 Å². The van der Waals surface area contributed by atoms with Gasteiger partial charge in [0, 0.05) is 16.7 Å². The first-order valence-corrected chi connectivity index (χ1v) is 8.57. The van der Waals surface area contributed by atoms with Crippen molar-refractivity contribution in [3.63, 3.8) is 0 Å². The molecule has 128 valence electrons. The molecular weight excluding hydrogens is 334 g/mol. The molecule has 1 aliphatic carbocycles. The van der Waals surface area contributed by atoms with Gasteiger partial charge in [0.15, 0.2) is 0 Å². The van der Waals surface area contributed by atoms with Crippen LogP contribution in [0.15, 0.2) is 17.1 Å². The van der Waals surface area contributed by atoms with Gasteiger partial charge in [0.1, 0.15) is 12.0 Å². The highest BCUT2D eigenvalue weighted by Crippen LogP contribution is 2.36. The van der Waals surface area contributed by atoms with Crippen LogP contribution < -0.4 is 5.32 Å². The Hall–Kier alpha value is -2.29. The Kier molecular flexibility index (Phi) is 4.61. The van der Waals surface area contributed by atoms with Crippen molar-refractivity contribution in [1.29, 1.82) is 0 Å². The van der Waals surface area contributed by atoms with E-state index in [1.807, 2.05) is 0 Å². The maximum Gasteiger partial charge on any atom is 0.341 e. The van der Waals surface area contributed by atoms with Gasteiger partial charge < -0.3 is 10.1 Å². The molecule has 9 heteroatoms. The number of nitro groups is 1. The molecule has 2 amide bonds. The van der Waals surface area contributed by atoms with Crippen molar-refractivity contribution in [2.45, 2.75) is 44.8 Å². The van der Waals surface area contributed by atoms with E-state index < -0.39 is 28.9 Å². The Bertz CT molecular complexity index is 708. The first-order chi connectivity index (χ1) is 11.5. The number of nitrogens with zero attached hydrogens (tertiary/aromatic N) is 2. The van der Waals surface area contributed by atoms with Crippen molar-refractivity contribution in [1.82, 2.24) is 5.32 Å². The normalized spacial score (nSPS) is 24.4. The van der Waals surface area contributed by atoms with Gasteiger partial charge in [0.2, 0.25) is 0 Å². The van der Waals surface area contributed by atoms with E-state index in [9.17, 15) is 19.7 Å². The summed E-state index contributed by atoms with van der Waals surface area (Å²) in [5.41, 5.74) is 0.364. The van der Waals surface area contributed by atoms with E-state index in [1.54, 1.807) is 13.0 Å². The average molecular weight is 351 g/mol. The van der Waals surface area contributed by atoms with Crippen LogP contribution >= 0.6 is 11.3 Å². The molecular formula is C15H17N3O5S. The van der Waals surface area contributed by atoms with Crippen LogP contribution in [-0.4, -0.2) is 28.7 Å². The van der Waals surface area contributed by atoms with Crippen molar-refractivity contribution >= 4 is 34.0 Å². The minimum absolute atomic E-state index is 0.0395. The fourth-order valence-electron chi connectivity index (χ4n) is 3.11. The predicted octanol–water partition coefficient (Wildman–Crippen LogP) is 2.98. The zero-order valence-corrected chi connectivity index (χ0v) is 13.9. The van der Waals surface area contributed by atoms with Crippen LogP contribution in [0.2, 0.25) is 0 Å². The van der Waals surface area contributed by atoms with Crippen molar-refractivity contribution in [3.8, 4) is 0 Å². The molecule has 3 rings (SSSR count). The highest BCUT2D eigenvalue weighted by Gasteiger charge is 2.40. The summed E-state index contributed by atoms with van der Waals surface area (Å²) in [5, 5.41) is 13.5. The van der Waals surface area contributed by atoms with Crippen LogP contribution in [0.1, 0.15) is 43.5 Å². The molecule has 0 spiro atoms. The number of thiophene rings is 1. The predicted molar refractivity (Wildman–Crippen MR) is 87.2 cm³/mol. The van der Waals surface area contributed by atoms with Gasteiger partial charge in [-0.15, -0.1) is 0 Å². The second-order valence-corrected chi connectivity index (χ2v) is 7.03. The molecule has 0 saturated heterocycles. The molecule has 0 bridgehead atoms. The average Bonchev–Trinajstić information content (AvgIpc) is 3.17. The van der Waals surface area contributed by atoms with Crippen LogP contribution in [0.3, 0.4) is 0 Å². The van der Waals surface area contributed by atoms with Crippen LogP contribution in [0.5, 0.6) is 0 Å². The summed E-state index contributed by atoms with van der Waals surface area (Å²) < 4.78 is 5.56. The monoisotopic (exact) mass is 351 g/mol. The number of hydrogen-bond acceptors (Lipinski definition) is 6. The Morgan fingerprint density at radius 3 is 2.75 bits per heavy atom. The highest BCUT2D eigenvalue weighted by atomic mass is 32.1. The van der Waals surface area contributed by atoms with Gasteiger partial charge in [-0.05, 0) is 38.7 Å². The lowest BCUT2D eigenvalue weighted by atomic mass is 9.92. The molecule has 1 aromatic rings. The topological polar surface area (TPSA) is 111 Å². The zero-order valence-electron chi connectivity index (χ0n) is 13.1. The number of carbonyl (C=O) groups excluding carboxylic acids is 2. The lowest BCUT2D eigenvalue weighted by Crippen LogP contribution is -2.44. The van der Waals surface area contributed by atoms with Crippen molar-refractivity contribution in [3.05, 3.63) is 27.1 Å². The standard InChI is InChI=1S/C15H17N3O5S/c1-8-12(14(19)23-9-4-2-3-5-9)13(17-15(20)16-8)10-6-7-11(24-10)18(21)22/h6-7,9,12-13H,2-5H2,1H3,(H,17,20). The maximum atomic E-state index is 12.6. The van der Waals surface area contributed by atoms with Crippen molar-refractivity contribution in [2.75, 3.05) is 0 Å². The minimum atomic E-state index is -0.762. The number of rotatable bonds is 4. The molecule has 0 radical (unpaired) electrons. The Morgan fingerprint density at radius 2 is 2.12 bits per heavy atom. The Morgan fingerprint density at radius 1 is 1.42 bits per heavy atom. The molecule has 24 heavy (non-hydrogen) atoms. The molecule has 1 aliphatic heterocycles. The van der Waals surface area contributed by atoms with Gasteiger partial charge in [-0.1, -0.05) is 11.3 Å². The Labute approximate surface area is 142 Å². The molecule has 1 saturated carbocycles. The molecule has 2 heterocycles. The fourth-order valence-corrected chi connectivity index (χ4v) is 4.02. The summed E-state index contributed by atoms with van der Waals surface area (Å²) >= 11 is 0.939. The maximum absolute atomic E-state index is 12.6. The third-order valence-corrected chi connectivity index (χ3v) is 5.40. The smallest absolute Gasteiger partial charge is 0.341 e. The van der Waals surface area contributed by atoms with Gasteiger partial charge in [-0.3, -0.25) is 14.9 Å². The first-order valence-electron chi connectivity index (χ1n) is 7.76. The molecule has 1 aromatic heterocycles. The van der Waals surface area contributed by atoms with Gasteiger partial charge in [0.25, 0.3) is 0 Å². The molecule has 1 fully saturated rings. The molecule has 2 atom stereocenters. The van der Waals surface area contributed by atoms with E-state index in [0.29, 0.717) is 10.6 Å². The number of urea groups is 1. The lowest BCUT2D eigenvalue weighted by molar-refractivity contribution is -0.380. The number of aliphatic imine (C=N–C) groups is 1. The summed E-state index contributed by atoms with van der Waals surface area (Å²) in [6.07, 6.45) is 3.66. The van der Waals surface area contributed by atoms with Gasteiger partial charge in [-0.25, -0.2) is 9.79 Å². The van der Waals surface area contributed by atoms with Gasteiger partial charge in [0.05, 0.1) is 11.0 Å². The van der Waals surface area contributed by atoms with E-state index >= 15 is 0 Å². The molecule has 8 nitrogen and oxygen atoms in total. The van der Waals surface area contributed by atoms with E-state index in [2.05, 4.69) is 10.3 Å². The van der Waals surface area contributed by atoms with Crippen molar-refractivity contribution in [2.24, 2.45) is 10.9 Å². The molecule has 2 aliphatic rings. The number of ether oxygens (including phenoxy) is 1. The first kappa shape index (κ1) is 16.6. The van der Waals surface area contributed by atoms with E-state index in [-0.39, 0.29) is 11.1 Å². The summed E-state index contributed by atoms with van der Waals surface area (Å²) in [6, 6.07) is 1.68. The number of esters is 1. The summed E-state index contributed by atoms with van der Waals surface area (Å²) in [4.78, 5) is 39.1. The number of nitrogens with one attached hydrogen (secondary N) is 1. The SMILES string of the molecule is CC1=NC(=O)NC(c2ccc([N+](=O)[O-])s2)C1C(=O)OC1CCCC1. The number of amides is 2. The lowest BCUT2D eigenvalue weighted by Gasteiger charge is -2.29. The summed E-state index contributed by atoms with van der Waals surface area (Å²) in [6.45, 7) is 1.61. The largest absolute Gasteiger partial charge is 0.462 e. The third kappa shape index (κ3) is 3.30.